The number of carbonyl (C=O) groups is 1. The minimum atomic E-state index is 0. The summed E-state index contributed by atoms with van der Waals surface area (Å²) in [6.07, 6.45) is 3.57. The van der Waals surface area contributed by atoms with Crippen molar-refractivity contribution in [1.29, 1.82) is 0 Å². The summed E-state index contributed by atoms with van der Waals surface area (Å²) in [5, 5.41) is 12.8. The van der Waals surface area contributed by atoms with E-state index in [1.165, 1.54) is 4.88 Å². The van der Waals surface area contributed by atoms with Gasteiger partial charge in [0, 0.05) is 37.7 Å². The van der Waals surface area contributed by atoms with Gasteiger partial charge in [0.15, 0.2) is 0 Å². The van der Waals surface area contributed by atoms with E-state index >= 15 is 0 Å². The number of rotatable bonds is 6. The van der Waals surface area contributed by atoms with E-state index in [2.05, 4.69) is 33.9 Å². The first kappa shape index (κ1) is 17.0. The highest BCUT2D eigenvalue weighted by molar-refractivity contribution is 7.13. The summed E-state index contributed by atoms with van der Waals surface area (Å²) in [4.78, 5) is 14.8. The number of aromatic nitrogens is 2. The maximum atomic E-state index is 11.6. The zero-order valence-corrected chi connectivity index (χ0v) is 14.2. The Labute approximate surface area is 140 Å². The van der Waals surface area contributed by atoms with Gasteiger partial charge in [0.2, 0.25) is 5.91 Å². The van der Waals surface area contributed by atoms with Gasteiger partial charge < -0.3 is 10.2 Å². The Balaban J connectivity index is 0.00000176. The Kier molecular flexibility index (Phi) is 5.99. The minimum absolute atomic E-state index is 0. The Morgan fingerprint density at radius 1 is 1.55 bits per heavy atom. The fraction of sp³-hybridized carbons (Fsp3) is 0.467. The number of H-pyrrole nitrogens is 1. The number of hydrogen-bond acceptors (Lipinski definition) is 4. The second kappa shape index (κ2) is 7.76. The first-order chi connectivity index (χ1) is 10.2. The zero-order valence-electron chi connectivity index (χ0n) is 12.5. The largest absolute Gasteiger partial charge is 0.341 e. The molecule has 0 spiro atoms. The zero-order chi connectivity index (χ0) is 14.7. The number of nitrogens with zero attached hydrogens (tertiary/aromatic N) is 2. The van der Waals surface area contributed by atoms with Crippen LogP contribution in [0.4, 0.5) is 0 Å². The van der Waals surface area contributed by atoms with E-state index in [0.717, 1.165) is 37.3 Å². The van der Waals surface area contributed by atoms with Gasteiger partial charge >= 0.3 is 0 Å². The third-order valence-corrected chi connectivity index (χ3v) is 4.68. The van der Waals surface area contributed by atoms with E-state index in [-0.39, 0.29) is 24.4 Å². The highest BCUT2D eigenvalue weighted by Gasteiger charge is 2.21. The molecule has 3 rings (SSSR count). The van der Waals surface area contributed by atoms with Crippen LogP contribution in [-0.4, -0.2) is 40.1 Å². The average Bonchev–Trinajstić information content (AvgIpc) is 3.18. The van der Waals surface area contributed by atoms with Crippen molar-refractivity contribution in [3.63, 3.8) is 0 Å². The molecule has 2 aromatic heterocycles. The van der Waals surface area contributed by atoms with Gasteiger partial charge in [-0.1, -0.05) is 6.07 Å². The molecule has 1 aliphatic heterocycles. The van der Waals surface area contributed by atoms with E-state index in [4.69, 9.17) is 0 Å². The lowest BCUT2D eigenvalue weighted by molar-refractivity contribution is -0.127. The van der Waals surface area contributed by atoms with Gasteiger partial charge in [-0.15, -0.1) is 23.7 Å². The van der Waals surface area contributed by atoms with Crippen molar-refractivity contribution in [3.05, 3.63) is 29.3 Å². The van der Waals surface area contributed by atoms with Gasteiger partial charge in [-0.25, -0.2) is 0 Å². The topological polar surface area (TPSA) is 61.0 Å². The lowest BCUT2D eigenvalue weighted by atomic mass is 10.2. The van der Waals surface area contributed by atoms with Crippen molar-refractivity contribution in [3.8, 4) is 10.6 Å². The molecule has 0 aliphatic carbocycles. The van der Waals surface area contributed by atoms with Gasteiger partial charge in [-0.3, -0.25) is 9.89 Å². The third-order valence-electron chi connectivity index (χ3n) is 3.79. The molecule has 1 fully saturated rings. The number of carbonyl (C=O) groups excluding carboxylic acids is 1. The SMILES string of the molecule is CC(CN1CCCC1=O)NCc1cn[nH]c1-c1cccs1.Cl. The smallest absolute Gasteiger partial charge is 0.222 e. The fourth-order valence-corrected chi connectivity index (χ4v) is 3.41. The molecule has 7 heteroatoms. The molecule has 5 nitrogen and oxygen atoms in total. The third kappa shape index (κ3) is 3.88. The quantitative estimate of drug-likeness (QED) is 0.849. The summed E-state index contributed by atoms with van der Waals surface area (Å²) in [5.41, 5.74) is 2.25. The maximum Gasteiger partial charge on any atom is 0.222 e. The number of nitrogens with one attached hydrogen (secondary N) is 2. The standard InChI is InChI=1S/C15H20N4OS.ClH/c1-11(10-19-6-2-5-14(19)20)16-8-12-9-17-18-15(12)13-4-3-7-21-13;/h3-4,7,9,11,16H,2,5-6,8,10H2,1H3,(H,17,18);1H. The fourth-order valence-electron chi connectivity index (χ4n) is 2.66. The van der Waals surface area contributed by atoms with Gasteiger partial charge in [0.1, 0.15) is 0 Å². The molecule has 0 radical (unpaired) electrons. The second-order valence-corrected chi connectivity index (χ2v) is 6.42. The van der Waals surface area contributed by atoms with Crippen LogP contribution in [0.5, 0.6) is 0 Å². The van der Waals surface area contributed by atoms with Crippen LogP contribution in [0.15, 0.2) is 23.7 Å². The highest BCUT2D eigenvalue weighted by atomic mass is 35.5. The minimum Gasteiger partial charge on any atom is -0.341 e. The van der Waals surface area contributed by atoms with Crippen LogP contribution in [-0.2, 0) is 11.3 Å². The van der Waals surface area contributed by atoms with Gasteiger partial charge in [-0.05, 0) is 24.8 Å². The van der Waals surface area contributed by atoms with E-state index < -0.39 is 0 Å². The van der Waals surface area contributed by atoms with Crippen molar-refractivity contribution in [2.45, 2.75) is 32.4 Å². The molecule has 120 valence electrons. The monoisotopic (exact) mass is 340 g/mol. The lowest BCUT2D eigenvalue weighted by Gasteiger charge is -2.21. The van der Waals surface area contributed by atoms with Crippen LogP contribution in [0.1, 0.15) is 25.3 Å². The molecular weight excluding hydrogens is 320 g/mol. The molecule has 3 heterocycles. The van der Waals surface area contributed by atoms with E-state index in [1.807, 2.05) is 17.2 Å². The van der Waals surface area contributed by atoms with Crippen LogP contribution >= 0.6 is 23.7 Å². The summed E-state index contributed by atoms with van der Waals surface area (Å²) in [5.74, 6) is 0.284. The number of amides is 1. The molecule has 1 atom stereocenters. The van der Waals surface area contributed by atoms with Crippen LogP contribution in [0, 0.1) is 0 Å². The molecule has 0 saturated carbocycles. The Hall–Kier alpha value is -1.37. The number of halogens is 1. The first-order valence-electron chi connectivity index (χ1n) is 7.31. The molecule has 0 aromatic carbocycles. The van der Waals surface area contributed by atoms with Crippen LogP contribution in [0.2, 0.25) is 0 Å². The van der Waals surface area contributed by atoms with Crippen molar-refractivity contribution in [1.82, 2.24) is 20.4 Å². The Bertz CT molecular complexity index is 598. The molecule has 0 bridgehead atoms. The van der Waals surface area contributed by atoms with Gasteiger partial charge in [0.25, 0.3) is 0 Å². The predicted octanol–water partition coefficient (Wildman–Crippen LogP) is 2.66. The summed E-state index contributed by atoms with van der Waals surface area (Å²) in [6, 6.07) is 4.41. The van der Waals surface area contributed by atoms with E-state index in [0.29, 0.717) is 6.42 Å². The Morgan fingerprint density at radius 3 is 3.09 bits per heavy atom. The van der Waals surface area contributed by atoms with Crippen molar-refractivity contribution in [2.24, 2.45) is 0 Å². The van der Waals surface area contributed by atoms with Crippen LogP contribution < -0.4 is 5.32 Å². The number of hydrogen-bond donors (Lipinski definition) is 2. The second-order valence-electron chi connectivity index (χ2n) is 5.47. The summed E-state index contributed by atoms with van der Waals surface area (Å²) in [6.45, 7) is 4.56. The normalized spacial score (nSPS) is 15.9. The van der Waals surface area contributed by atoms with Crippen molar-refractivity contribution >= 4 is 29.7 Å². The molecule has 1 unspecified atom stereocenters. The van der Waals surface area contributed by atoms with E-state index in [9.17, 15) is 4.79 Å². The number of likely N-dealkylation sites (tertiary alicyclic amines) is 1. The number of aromatic amines is 1. The Morgan fingerprint density at radius 2 is 2.41 bits per heavy atom. The average molecular weight is 341 g/mol. The molecular formula is C15H21ClN4OS. The van der Waals surface area contributed by atoms with Crippen molar-refractivity contribution < 1.29 is 4.79 Å². The molecule has 1 saturated heterocycles. The molecule has 22 heavy (non-hydrogen) atoms. The maximum absolute atomic E-state index is 11.6. The highest BCUT2D eigenvalue weighted by Crippen LogP contribution is 2.25. The summed E-state index contributed by atoms with van der Waals surface area (Å²) < 4.78 is 0. The van der Waals surface area contributed by atoms with Crippen LogP contribution in [0.3, 0.4) is 0 Å². The van der Waals surface area contributed by atoms with Crippen molar-refractivity contribution in [2.75, 3.05) is 13.1 Å². The van der Waals surface area contributed by atoms with Crippen LogP contribution in [0.25, 0.3) is 10.6 Å². The predicted molar refractivity (Wildman–Crippen MR) is 91.3 cm³/mol. The summed E-state index contributed by atoms with van der Waals surface area (Å²) >= 11 is 1.70. The van der Waals surface area contributed by atoms with Gasteiger partial charge in [0.05, 0.1) is 16.8 Å². The lowest BCUT2D eigenvalue weighted by Crippen LogP contribution is -2.39. The molecule has 1 amide bonds. The molecule has 2 N–H and O–H groups in total. The molecule has 1 aliphatic rings. The molecule has 2 aromatic rings. The van der Waals surface area contributed by atoms with E-state index in [1.54, 1.807) is 11.3 Å². The first-order valence-corrected chi connectivity index (χ1v) is 8.19. The summed E-state index contributed by atoms with van der Waals surface area (Å²) in [7, 11) is 0. The number of thiophene rings is 1. The van der Waals surface area contributed by atoms with Gasteiger partial charge in [-0.2, -0.15) is 5.10 Å².